The predicted octanol–water partition coefficient (Wildman–Crippen LogP) is 2.36. The van der Waals surface area contributed by atoms with Crippen LogP contribution in [0.4, 0.5) is 4.79 Å². The molecule has 0 spiro atoms. The maximum absolute atomic E-state index is 12.4. The molecule has 2 aliphatic carbocycles. The maximum Gasteiger partial charge on any atom is 0.315 e. The molecule has 1 aliphatic heterocycles. The Hall–Kier alpha value is -1.56. The molecule has 132 valence electrons. The number of ether oxygens (including phenoxy) is 1. The minimum Gasteiger partial charge on any atom is -0.371 e. The molecule has 1 aromatic heterocycles. The third-order valence-electron chi connectivity index (χ3n) is 6.19. The summed E-state index contributed by atoms with van der Waals surface area (Å²) in [5.74, 6) is 0.862. The summed E-state index contributed by atoms with van der Waals surface area (Å²) >= 11 is 0. The molecule has 2 amide bonds. The molecule has 4 rings (SSSR count). The number of nitrogens with zero attached hydrogens (tertiary/aromatic N) is 2. The lowest BCUT2D eigenvalue weighted by molar-refractivity contribution is 0.0988. The van der Waals surface area contributed by atoms with Gasteiger partial charge in [-0.05, 0) is 57.3 Å². The van der Waals surface area contributed by atoms with Crippen molar-refractivity contribution < 1.29 is 9.53 Å². The van der Waals surface area contributed by atoms with Crippen LogP contribution in [-0.4, -0.2) is 35.0 Å². The smallest absolute Gasteiger partial charge is 0.315 e. The third kappa shape index (κ3) is 2.81. The van der Waals surface area contributed by atoms with E-state index >= 15 is 0 Å². The summed E-state index contributed by atoms with van der Waals surface area (Å²) in [7, 11) is 1.95. The van der Waals surface area contributed by atoms with Crippen LogP contribution in [0.15, 0.2) is 0 Å². The van der Waals surface area contributed by atoms with E-state index in [4.69, 9.17) is 4.74 Å². The van der Waals surface area contributed by atoms with Crippen molar-refractivity contribution in [1.29, 1.82) is 0 Å². The molecule has 0 unspecified atom stereocenters. The normalized spacial score (nSPS) is 28.0. The van der Waals surface area contributed by atoms with Gasteiger partial charge in [0, 0.05) is 31.5 Å². The average molecular weight is 332 g/mol. The summed E-state index contributed by atoms with van der Waals surface area (Å²) in [5, 5.41) is 10.7. The molecule has 0 bridgehead atoms. The molecule has 0 radical (unpaired) electrons. The molecule has 3 fully saturated rings. The fourth-order valence-electron chi connectivity index (χ4n) is 4.28. The Morgan fingerprint density at radius 3 is 2.67 bits per heavy atom. The summed E-state index contributed by atoms with van der Waals surface area (Å²) < 4.78 is 7.82. The van der Waals surface area contributed by atoms with E-state index in [9.17, 15) is 4.79 Å². The van der Waals surface area contributed by atoms with Crippen LogP contribution in [0.3, 0.4) is 0 Å². The number of carbonyl (C=O) groups is 1. The van der Waals surface area contributed by atoms with Crippen molar-refractivity contribution in [3.05, 3.63) is 17.0 Å². The second kappa shape index (κ2) is 5.76. The first-order valence-electron chi connectivity index (χ1n) is 9.16. The molecular weight excluding hydrogens is 304 g/mol. The molecule has 2 atom stereocenters. The Bertz CT molecular complexity index is 646. The van der Waals surface area contributed by atoms with Crippen LogP contribution in [0.25, 0.3) is 0 Å². The third-order valence-corrected chi connectivity index (χ3v) is 6.19. The van der Waals surface area contributed by atoms with Gasteiger partial charge in [0.1, 0.15) is 6.10 Å². The zero-order chi connectivity index (χ0) is 16.9. The standard InChI is InChI=1S/C18H28N4O2/c1-11-15(12(2)22(3)21-11)16-14(6-9-24-16)20-17(23)19-10-18(7-8-18)13-4-5-13/h13-14,16H,4-10H2,1-3H3,(H2,19,20,23)/t14-,16-/m0/s1. The molecule has 2 saturated carbocycles. The van der Waals surface area contributed by atoms with Gasteiger partial charge in [0.05, 0.1) is 11.7 Å². The monoisotopic (exact) mass is 332 g/mol. The Morgan fingerprint density at radius 1 is 1.33 bits per heavy atom. The number of carbonyl (C=O) groups excluding carboxylic acids is 1. The van der Waals surface area contributed by atoms with Gasteiger partial charge in [-0.15, -0.1) is 0 Å². The predicted molar refractivity (Wildman–Crippen MR) is 90.7 cm³/mol. The van der Waals surface area contributed by atoms with Gasteiger partial charge in [-0.1, -0.05) is 0 Å². The van der Waals surface area contributed by atoms with E-state index in [1.54, 1.807) is 0 Å². The number of rotatable bonds is 5. The summed E-state index contributed by atoms with van der Waals surface area (Å²) in [4.78, 5) is 12.4. The topological polar surface area (TPSA) is 68.2 Å². The minimum atomic E-state index is -0.0947. The quantitative estimate of drug-likeness (QED) is 0.870. The SMILES string of the molecule is Cc1nn(C)c(C)c1[C@H]1OCC[C@@H]1NC(=O)NCC1(C2CC2)CC1. The van der Waals surface area contributed by atoms with E-state index in [1.807, 2.05) is 18.7 Å². The number of nitrogens with one attached hydrogen (secondary N) is 2. The highest BCUT2D eigenvalue weighted by atomic mass is 16.5. The number of urea groups is 1. The van der Waals surface area contributed by atoms with Gasteiger partial charge in [0.15, 0.2) is 0 Å². The van der Waals surface area contributed by atoms with Gasteiger partial charge < -0.3 is 15.4 Å². The fraction of sp³-hybridized carbons (Fsp3) is 0.778. The lowest BCUT2D eigenvalue weighted by atomic mass is 10.00. The van der Waals surface area contributed by atoms with Crippen LogP contribution in [0.5, 0.6) is 0 Å². The highest BCUT2D eigenvalue weighted by Gasteiger charge is 2.53. The lowest BCUT2D eigenvalue weighted by Crippen LogP contribution is -2.45. The Balaban J connectivity index is 1.37. The van der Waals surface area contributed by atoms with Crippen molar-refractivity contribution in [2.75, 3.05) is 13.2 Å². The van der Waals surface area contributed by atoms with E-state index in [0.717, 1.165) is 35.8 Å². The summed E-state index contributed by atoms with van der Waals surface area (Å²) in [6.07, 6.45) is 6.01. The van der Waals surface area contributed by atoms with E-state index in [0.29, 0.717) is 12.0 Å². The molecule has 2 N–H and O–H groups in total. The lowest BCUT2D eigenvalue weighted by Gasteiger charge is -2.22. The molecule has 6 heteroatoms. The van der Waals surface area contributed by atoms with Crippen LogP contribution >= 0.6 is 0 Å². The second-order valence-electron chi connectivity index (χ2n) is 7.86. The molecule has 3 aliphatic rings. The Kier molecular flexibility index (Phi) is 3.82. The number of hydrogen-bond donors (Lipinski definition) is 2. The first kappa shape index (κ1) is 15.9. The molecule has 2 heterocycles. The van der Waals surface area contributed by atoms with Crippen LogP contribution in [0, 0.1) is 25.2 Å². The summed E-state index contributed by atoms with van der Waals surface area (Å²) in [5.41, 5.74) is 3.65. The van der Waals surface area contributed by atoms with Crippen molar-refractivity contribution in [3.8, 4) is 0 Å². The van der Waals surface area contributed by atoms with Crippen LogP contribution in [-0.2, 0) is 11.8 Å². The van der Waals surface area contributed by atoms with Crippen molar-refractivity contribution in [3.63, 3.8) is 0 Å². The number of aryl methyl sites for hydroxylation is 2. The first-order chi connectivity index (χ1) is 11.5. The number of amides is 2. The van der Waals surface area contributed by atoms with Gasteiger partial charge in [-0.25, -0.2) is 4.79 Å². The highest BCUT2D eigenvalue weighted by Crippen LogP contribution is 2.60. The average Bonchev–Trinajstić information content (AvgIpc) is 3.44. The van der Waals surface area contributed by atoms with Crippen molar-refractivity contribution in [2.45, 2.75) is 58.1 Å². The van der Waals surface area contributed by atoms with Crippen LogP contribution < -0.4 is 10.6 Å². The van der Waals surface area contributed by atoms with Gasteiger partial charge in [0.2, 0.25) is 0 Å². The van der Waals surface area contributed by atoms with Crippen molar-refractivity contribution in [2.24, 2.45) is 18.4 Å². The van der Waals surface area contributed by atoms with Gasteiger partial charge in [-0.3, -0.25) is 4.68 Å². The van der Waals surface area contributed by atoms with Crippen molar-refractivity contribution in [1.82, 2.24) is 20.4 Å². The Labute approximate surface area is 143 Å². The maximum atomic E-state index is 12.4. The van der Waals surface area contributed by atoms with Crippen molar-refractivity contribution >= 4 is 6.03 Å². The zero-order valence-electron chi connectivity index (χ0n) is 14.9. The Morgan fingerprint density at radius 2 is 2.08 bits per heavy atom. The first-order valence-corrected chi connectivity index (χ1v) is 9.16. The molecule has 1 saturated heterocycles. The van der Waals surface area contributed by atoms with E-state index in [2.05, 4.69) is 22.7 Å². The number of aromatic nitrogens is 2. The van der Waals surface area contributed by atoms with Gasteiger partial charge in [0.25, 0.3) is 0 Å². The highest BCUT2D eigenvalue weighted by molar-refractivity contribution is 5.74. The summed E-state index contributed by atoms with van der Waals surface area (Å²) in [6, 6.07) is -0.0377. The van der Waals surface area contributed by atoms with Crippen LogP contribution in [0.2, 0.25) is 0 Å². The minimum absolute atomic E-state index is 0.0164. The largest absolute Gasteiger partial charge is 0.371 e. The second-order valence-corrected chi connectivity index (χ2v) is 7.86. The summed E-state index contributed by atoms with van der Waals surface area (Å²) in [6.45, 7) is 5.57. The molecular formula is C18H28N4O2. The van der Waals surface area contributed by atoms with E-state index in [-0.39, 0.29) is 18.2 Å². The van der Waals surface area contributed by atoms with E-state index in [1.165, 1.54) is 25.7 Å². The van der Waals surface area contributed by atoms with Gasteiger partial charge >= 0.3 is 6.03 Å². The van der Waals surface area contributed by atoms with E-state index < -0.39 is 0 Å². The molecule has 1 aromatic rings. The molecule has 24 heavy (non-hydrogen) atoms. The zero-order valence-corrected chi connectivity index (χ0v) is 14.9. The van der Waals surface area contributed by atoms with Gasteiger partial charge in [-0.2, -0.15) is 5.10 Å². The number of hydrogen-bond acceptors (Lipinski definition) is 3. The molecule has 6 nitrogen and oxygen atoms in total. The molecule has 0 aromatic carbocycles. The van der Waals surface area contributed by atoms with Crippen LogP contribution in [0.1, 0.15) is 55.2 Å². The fourth-order valence-corrected chi connectivity index (χ4v) is 4.28.